The van der Waals surface area contributed by atoms with Crippen molar-refractivity contribution < 1.29 is 21.6 Å². The lowest BCUT2D eigenvalue weighted by molar-refractivity contribution is -0.137. The standard InChI is InChI=1S/C19H20F3N3O2S/c20-19(21,22)15-5-3-4-14(12-15)13-25-10-8-18(9-11-25)23-16-6-1-2-7-17(16)28(26,27)24-18/h1-7,12,23-24H,8-11,13H2. The van der Waals surface area contributed by atoms with Gasteiger partial charge in [-0.1, -0.05) is 30.3 Å². The third-order valence-electron chi connectivity index (χ3n) is 5.25. The number of sulfonamides is 1. The summed E-state index contributed by atoms with van der Waals surface area (Å²) in [6.07, 6.45) is -3.33. The molecule has 0 bridgehead atoms. The largest absolute Gasteiger partial charge is 0.416 e. The van der Waals surface area contributed by atoms with E-state index in [0.717, 1.165) is 6.07 Å². The fourth-order valence-electron chi connectivity index (χ4n) is 3.82. The maximum Gasteiger partial charge on any atom is 0.416 e. The number of rotatable bonds is 2. The SMILES string of the molecule is O=S1(=O)NC2(CCN(Cc3cccc(C(F)(F)F)c3)CC2)Nc2ccccc21. The second kappa shape index (κ2) is 6.75. The Morgan fingerprint density at radius 2 is 1.75 bits per heavy atom. The van der Waals surface area contributed by atoms with E-state index in [4.69, 9.17) is 0 Å². The first kappa shape index (κ1) is 19.2. The molecule has 2 N–H and O–H groups in total. The van der Waals surface area contributed by atoms with E-state index in [0.29, 0.717) is 43.7 Å². The summed E-state index contributed by atoms with van der Waals surface area (Å²) >= 11 is 0. The molecule has 0 aromatic heterocycles. The molecule has 2 aliphatic heterocycles. The zero-order chi connectivity index (χ0) is 20.0. The number of piperidine rings is 1. The molecule has 0 aliphatic carbocycles. The normalized spacial score (nSPS) is 21.1. The quantitative estimate of drug-likeness (QED) is 0.795. The molecule has 0 atom stereocenters. The predicted octanol–water partition coefficient (Wildman–Crippen LogP) is 3.40. The van der Waals surface area contributed by atoms with Gasteiger partial charge < -0.3 is 5.32 Å². The Bertz CT molecular complexity index is 984. The molecule has 5 nitrogen and oxygen atoms in total. The molecule has 2 aliphatic rings. The molecular weight excluding hydrogens is 391 g/mol. The number of hydrogen-bond donors (Lipinski definition) is 2. The average Bonchev–Trinajstić information content (AvgIpc) is 2.63. The maximum absolute atomic E-state index is 12.9. The maximum atomic E-state index is 12.9. The summed E-state index contributed by atoms with van der Waals surface area (Å²) in [7, 11) is -3.60. The van der Waals surface area contributed by atoms with Crippen LogP contribution in [0.1, 0.15) is 24.0 Å². The molecular formula is C19H20F3N3O2S. The minimum Gasteiger partial charge on any atom is -0.365 e. The van der Waals surface area contributed by atoms with Crippen LogP contribution in [0.2, 0.25) is 0 Å². The Balaban J connectivity index is 1.46. The zero-order valence-electron chi connectivity index (χ0n) is 15.0. The van der Waals surface area contributed by atoms with E-state index >= 15 is 0 Å². The van der Waals surface area contributed by atoms with Gasteiger partial charge in [-0.25, -0.2) is 8.42 Å². The second-order valence-electron chi connectivity index (χ2n) is 7.28. The van der Waals surface area contributed by atoms with Crippen LogP contribution in [0.25, 0.3) is 0 Å². The van der Waals surface area contributed by atoms with Crippen molar-refractivity contribution in [3.8, 4) is 0 Å². The number of fused-ring (bicyclic) bond motifs is 1. The number of alkyl halides is 3. The highest BCUT2D eigenvalue weighted by molar-refractivity contribution is 7.89. The monoisotopic (exact) mass is 411 g/mol. The van der Waals surface area contributed by atoms with Gasteiger partial charge in [0, 0.05) is 19.6 Å². The lowest BCUT2D eigenvalue weighted by atomic mass is 9.96. The van der Waals surface area contributed by atoms with Crippen LogP contribution < -0.4 is 10.0 Å². The Labute approximate surface area is 161 Å². The molecule has 150 valence electrons. The molecule has 0 radical (unpaired) electrons. The van der Waals surface area contributed by atoms with Gasteiger partial charge in [0.25, 0.3) is 0 Å². The van der Waals surface area contributed by atoms with Crippen molar-refractivity contribution in [1.29, 1.82) is 0 Å². The molecule has 0 amide bonds. The Morgan fingerprint density at radius 3 is 2.46 bits per heavy atom. The van der Waals surface area contributed by atoms with Crippen LogP contribution in [0.4, 0.5) is 18.9 Å². The highest BCUT2D eigenvalue weighted by Gasteiger charge is 2.43. The minimum absolute atomic E-state index is 0.229. The third kappa shape index (κ3) is 3.74. The molecule has 2 aromatic rings. The second-order valence-corrected chi connectivity index (χ2v) is 8.93. The number of nitrogens with one attached hydrogen (secondary N) is 2. The number of benzene rings is 2. The van der Waals surface area contributed by atoms with Crippen molar-refractivity contribution in [2.75, 3.05) is 18.4 Å². The van der Waals surface area contributed by atoms with Crippen LogP contribution in [0, 0.1) is 0 Å². The van der Waals surface area contributed by atoms with E-state index in [9.17, 15) is 21.6 Å². The molecule has 2 aromatic carbocycles. The van der Waals surface area contributed by atoms with Gasteiger partial charge in [-0.15, -0.1) is 0 Å². The fraction of sp³-hybridized carbons (Fsp3) is 0.368. The van der Waals surface area contributed by atoms with Crippen molar-refractivity contribution >= 4 is 15.7 Å². The van der Waals surface area contributed by atoms with Gasteiger partial charge in [-0.05, 0) is 36.6 Å². The van der Waals surface area contributed by atoms with Crippen molar-refractivity contribution in [3.63, 3.8) is 0 Å². The first-order valence-corrected chi connectivity index (χ1v) is 10.4. The summed E-state index contributed by atoms with van der Waals surface area (Å²) in [4.78, 5) is 2.27. The first-order chi connectivity index (χ1) is 13.2. The smallest absolute Gasteiger partial charge is 0.365 e. The topological polar surface area (TPSA) is 61.4 Å². The highest BCUT2D eigenvalue weighted by atomic mass is 32.2. The van der Waals surface area contributed by atoms with Gasteiger partial charge in [-0.3, -0.25) is 4.90 Å². The molecule has 1 spiro atoms. The molecule has 28 heavy (non-hydrogen) atoms. The average molecular weight is 411 g/mol. The van der Waals surface area contributed by atoms with Gasteiger partial charge in [0.2, 0.25) is 10.0 Å². The Hall–Kier alpha value is -2.10. The first-order valence-electron chi connectivity index (χ1n) is 8.97. The van der Waals surface area contributed by atoms with Gasteiger partial charge in [0.1, 0.15) is 10.6 Å². The van der Waals surface area contributed by atoms with E-state index in [-0.39, 0.29) is 4.90 Å². The van der Waals surface area contributed by atoms with Crippen molar-refractivity contribution in [3.05, 3.63) is 59.7 Å². The molecule has 1 fully saturated rings. The molecule has 0 saturated carbocycles. The van der Waals surface area contributed by atoms with Crippen LogP contribution in [0.15, 0.2) is 53.4 Å². The van der Waals surface area contributed by atoms with E-state index in [1.807, 2.05) is 4.90 Å². The van der Waals surface area contributed by atoms with E-state index in [1.165, 1.54) is 12.1 Å². The van der Waals surface area contributed by atoms with Gasteiger partial charge in [-0.2, -0.15) is 17.9 Å². The number of likely N-dealkylation sites (tertiary alicyclic amines) is 1. The summed E-state index contributed by atoms with van der Waals surface area (Å²) in [6.45, 7) is 1.52. The number of anilines is 1. The van der Waals surface area contributed by atoms with Crippen LogP contribution in [0.3, 0.4) is 0 Å². The van der Waals surface area contributed by atoms with E-state index < -0.39 is 27.4 Å². The summed E-state index contributed by atoms with van der Waals surface area (Å²) in [5, 5.41) is 3.32. The van der Waals surface area contributed by atoms with Crippen LogP contribution >= 0.6 is 0 Å². The lowest BCUT2D eigenvalue weighted by Gasteiger charge is -2.45. The minimum atomic E-state index is -4.36. The number of nitrogens with zero attached hydrogens (tertiary/aromatic N) is 1. The number of para-hydroxylation sites is 1. The molecule has 2 heterocycles. The third-order valence-corrected chi connectivity index (χ3v) is 6.84. The summed E-state index contributed by atoms with van der Waals surface area (Å²) in [6, 6.07) is 12.1. The van der Waals surface area contributed by atoms with Crippen LogP contribution in [-0.2, 0) is 22.7 Å². The zero-order valence-corrected chi connectivity index (χ0v) is 15.8. The van der Waals surface area contributed by atoms with Gasteiger partial charge in [0.05, 0.1) is 11.3 Å². The fourth-order valence-corrected chi connectivity index (χ4v) is 5.37. The van der Waals surface area contributed by atoms with Crippen molar-refractivity contribution in [2.45, 2.75) is 36.1 Å². The predicted molar refractivity (Wildman–Crippen MR) is 99.1 cm³/mol. The lowest BCUT2D eigenvalue weighted by Crippen LogP contribution is -2.61. The molecule has 4 rings (SSSR count). The van der Waals surface area contributed by atoms with Crippen molar-refractivity contribution in [1.82, 2.24) is 9.62 Å². The summed E-state index contributed by atoms with van der Waals surface area (Å²) < 4.78 is 66.6. The number of halogens is 3. The number of hydrogen-bond acceptors (Lipinski definition) is 4. The van der Waals surface area contributed by atoms with Gasteiger partial charge >= 0.3 is 6.18 Å². The summed E-state index contributed by atoms with van der Waals surface area (Å²) in [5.74, 6) is 0. The van der Waals surface area contributed by atoms with Gasteiger partial charge in [0.15, 0.2) is 0 Å². The van der Waals surface area contributed by atoms with Crippen molar-refractivity contribution in [2.24, 2.45) is 0 Å². The summed E-state index contributed by atoms with van der Waals surface area (Å²) in [5.41, 5.74) is -0.255. The molecule has 0 unspecified atom stereocenters. The van der Waals surface area contributed by atoms with E-state index in [1.54, 1.807) is 30.3 Å². The van der Waals surface area contributed by atoms with Crippen LogP contribution in [0.5, 0.6) is 0 Å². The van der Waals surface area contributed by atoms with E-state index in [2.05, 4.69) is 10.0 Å². The Morgan fingerprint density at radius 1 is 1.04 bits per heavy atom. The molecule has 9 heteroatoms. The highest BCUT2D eigenvalue weighted by Crippen LogP contribution is 2.35. The molecule has 1 saturated heterocycles. The van der Waals surface area contributed by atoms with Crippen LogP contribution in [-0.4, -0.2) is 32.1 Å². The Kier molecular flexibility index (Phi) is 4.64.